The van der Waals surface area contributed by atoms with Gasteiger partial charge < -0.3 is 4.74 Å². The molecule has 0 amide bonds. The maximum absolute atomic E-state index is 12.5. The Morgan fingerprint density at radius 2 is 1.48 bits per heavy atom. The summed E-state index contributed by atoms with van der Waals surface area (Å²) in [5.74, 6) is 0.657. The van der Waals surface area contributed by atoms with Crippen LogP contribution < -0.4 is 4.74 Å². The van der Waals surface area contributed by atoms with Gasteiger partial charge >= 0.3 is 6.61 Å². The highest BCUT2D eigenvalue weighted by Crippen LogP contribution is 2.37. The zero-order valence-electron chi connectivity index (χ0n) is 11.9. The SMILES string of the molecule is CC(C)c1ccc(C(Br)c2ccccc2OC(F)F)cc1. The fourth-order valence-corrected chi connectivity index (χ4v) is 2.81. The smallest absolute Gasteiger partial charge is 0.387 e. The zero-order valence-corrected chi connectivity index (χ0v) is 13.5. The van der Waals surface area contributed by atoms with Crippen molar-refractivity contribution in [3.05, 3.63) is 65.2 Å². The van der Waals surface area contributed by atoms with Gasteiger partial charge in [0.05, 0.1) is 4.83 Å². The van der Waals surface area contributed by atoms with E-state index in [9.17, 15) is 8.78 Å². The highest BCUT2D eigenvalue weighted by molar-refractivity contribution is 9.09. The van der Waals surface area contributed by atoms with Crippen molar-refractivity contribution in [1.82, 2.24) is 0 Å². The quantitative estimate of drug-likeness (QED) is 0.607. The van der Waals surface area contributed by atoms with Crippen LogP contribution in [0.1, 0.15) is 41.3 Å². The number of ether oxygens (including phenoxy) is 1. The van der Waals surface area contributed by atoms with Crippen LogP contribution in [-0.2, 0) is 0 Å². The van der Waals surface area contributed by atoms with E-state index in [4.69, 9.17) is 0 Å². The van der Waals surface area contributed by atoms with Gasteiger partial charge in [0.15, 0.2) is 0 Å². The maximum Gasteiger partial charge on any atom is 0.387 e. The molecule has 112 valence electrons. The zero-order chi connectivity index (χ0) is 15.4. The van der Waals surface area contributed by atoms with Crippen LogP contribution in [0.2, 0.25) is 0 Å². The Morgan fingerprint density at radius 3 is 2.05 bits per heavy atom. The molecule has 0 fully saturated rings. The summed E-state index contributed by atoms with van der Waals surface area (Å²) in [6.07, 6.45) is 0. The Hall–Kier alpha value is -1.42. The third-order valence-corrected chi connectivity index (χ3v) is 4.33. The van der Waals surface area contributed by atoms with E-state index in [1.165, 1.54) is 5.56 Å². The Labute approximate surface area is 132 Å². The van der Waals surface area contributed by atoms with Gasteiger partial charge in [0, 0.05) is 5.56 Å². The number of alkyl halides is 3. The van der Waals surface area contributed by atoms with Crippen molar-refractivity contribution in [3.8, 4) is 5.75 Å². The van der Waals surface area contributed by atoms with Crippen molar-refractivity contribution < 1.29 is 13.5 Å². The van der Waals surface area contributed by atoms with E-state index in [1.807, 2.05) is 18.2 Å². The van der Waals surface area contributed by atoms with Gasteiger partial charge in [-0.3, -0.25) is 0 Å². The molecule has 4 heteroatoms. The van der Waals surface area contributed by atoms with Crippen molar-refractivity contribution in [2.75, 3.05) is 0 Å². The van der Waals surface area contributed by atoms with Crippen LogP contribution >= 0.6 is 15.9 Å². The standard InChI is InChI=1S/C17H17BrF2O/c1-11(2)12-7-9-13(10-8-12)16(18)14-5-3-4-6-15(14)21-17(19)20/h3-11,16-17H,1-2H3. The molecular weight excluding hydrogens is 338 g/mol. The summed E-state index contributed by atoms with van der Waals surface area (Å²) in [5.41, 5.74) is 2.94. The number of halogens is 3. The van der Waals surface area contributed by atoms with Crippen LogP contribution in [0, 0.1) is 0 Å². The molecule has 0 spiro atoms. The van der Waals surface area contributed by atoms with E-state index in [0.29, 0.717) is 11.5 Å². The van der Waals surface area contributed by atoms with Gasteiger partial charge in [0.25, 0.3) is 0 Å². The average molecular weight is 355 g/mol. The summed E-state index contributed by atoms with van der Waals surface area (Å²) in [6.45, 7) is 1.44. The molecule has 0 aliphatic heterocycles. The largest absolute Gasteiger partial charge is 0.434 e. The molecule has 2 aromatic carbocycles. The lowest BCUT2D eigenvalue weighted by molar-refractivity contribution is -0.0503. The molecule has 0 heterocycles. The molecule has 0 radical (unpaired) electrons. The first-order valence-electron chi connectivity index (χ1n) is 6.76. The van der Waals surface area contributed by atoms with E-state index in [-0.39, 0.29) is 10.6 Å². The van der Waals surface area contributed by atoms with Crippen LogP contribution in [0.25, 0.3) is 0 Å². The Morgan fingerprint density at radius 1 is 0.905 bits per heavy atom. The van der Waals surface area contributed by atoms with Crippen molar-refractivity contribution in [1.29, 1.82) is 0 Å². The summed E-state index contributed by atoms with van der Waals surface area (Å²) >= 11 is 3.57. The first-order valence-corrected chi connectivity index (χ1v) is 7.68. The van der Waals surface area contributed by atoms with E-state index >= 15 is 0 Å². The third-order valence-electron chi connectivity index (χ3n) is 3.30. The number of benzene rings is 2. The lowest BCUT2D eigenvalue weighted by atomic mass is 9.98. The van der Waals surface area contributed by atoms with Gasteiger partial charge in [-0.15, -0.1) is 0 Å². The van der Waals surface area contributed by atoms with Crippen LogP contribution in [0.4, 0.5) is 8.78 Å². The molecular formula is C17H17BrF2O. The monoisotopic (exact) mass is 354 g/mol. The normalized spacial score (nSPS) is 12.7. The summed E-state index contributed by atoms with van der Waals surface area (Å²) in [4.78, 5) is -0.186. The molecule has 0 bridgehead atoms. The van der Waals surface area contributed by atoms with E-state index in [1.54, 1.807) is 18.2 Å². The Kier molecular flexibility index (Phi) is 5.34. The van der Waals surface area contributed by atoms with Crippen LogP contribution in [-0.4, -0.2) is 6.61 Å². The minimum Gasteiger partial charge on any atom is -0.434 e. The summed E-state index contributed by atoms with van der Waals surface area (Å²) < 4.78 is 29.5. The van der Waals surface area contributed by atoms with Gasteiger partial charge in [-0.25, -0.2) is 0 Å². The molecule has 1 unspecified atom stereocenters. The first-order chi connectivity index (χ1) is 9.99. The van der Waals surface area contributed by atoms with E-state index < -0.39 is 6.61 Å². The lowest BCUT2D eigenvalue weighted by Gasteiger charge is -2.16. The molecule has 0 N–H and O–H groups in total. The molecule has 21 heavy (non-hydrogen) atoms. The molecule has 1 atom stereocenters. The topological polar surface area (TPSA) is 9.23 Å². The average Bonchev–Trinajstić information content (AvgIpc) is 2.46. The van der Waals surface area contributed by atoms with Gasteiger partial charge in [-0.1, -0.05) is 72.2 Å². The van der Waals surface area contributed by atoms with Gasteiger partial charge in [0.1, 0.15) is 5.75 Å². The number of hydrogen-bond acceptors (Lipinski definition) is 1. The first kappa shape index (κ1) is 16.0. The van der Waals surface area contributed by atoms with Crippen molar-refractivity contribution in [2.45, 2.75) is 31.2 Å². The van der Waals surface area contributed by atoms with Crippen LogP contribution in [0.15, 0.2) is 48.5 Å². The minimum atomic E-state index is -2.82. The highest BCUT2D eigenvalue weighted by Gasteiger charge is 2.17. The number of hydrogen-bond donors (Lipinski definition) is 0. The summed E-state index contributed by atoms with van der Waals surface area (Å²) in [6, 6.07) is 15.0. The van der Waals surface area contributed by atoms with Crippen molar-refractivity contribution in [2.24, 2.45) is 0 Å². The molecule has 0 aliphatic carbocycles. The molecule has 0 aromatic heterocycles. The maximum atomic E-state index is 12.5. The molecule has 1 nitrogen and oxygen atoms in total. The Bertz CT molecular complexity index is 582. The van der Waals surface area contributed by atoms with Gasteiger partial charge in [-0.05, 0) is 23.1 Å². The molecule has 2 rings (SSSR count). The van der Waals surface area contributed by atoms with Gasteiger partial charge in [0.2, 0.25) is 0 Å². The summed E-state index contributed by atoms with van der Waals surface area (Å²) in [7, 11) is 0. The predicted molar refractivity (Wildman–Crippen MR) is 84.4 cm³/mol. The van der Waals surface area contributed by atoms with E-state index in [0.717, 1.165) is 5.56 Å². The van der Waals surface area contributed by atoms with E-state index in [2.05, 4.69) is 46.6 Å². The fraction of sp³-hybridized carbons (Fsp3) is 0.294. The second-order valence-electron chi connectivity index (χ2n) is 5.10. The number of rotatable bonds is 5. The predicted octanol–water partition coefficient (Wildman–Crippen LogP) is 5.90. The molecule has 0 aliphatic rings. The van der Waals surface area contributed by atoms with Crippen molar-refractivity contribution >= 4 is 15.9 Å². The minimum absolute atomic E-state index is 0.186. The van der Waals surface area contributed by atoms with Crippen molar-refractivity contribution in [3.63, 3.8) is 0 Å². The molecule has 2 aromatic rings. The van der Waals surface area contributed by atoms with Crippen LogP contribution in [0.5, 0.6) is 5.75 Å². The van der Waals surface area contributed by atoms with Gasteiger partial charge in [-0.2, -0.15) is 8.78 Å². The third kappa shape index (κ3) is 4.03. The number of para-hydroxylation sites is 1. The Balaban J connectivity index is 2.29. The second kappa shape index (κ2) is 7.03. The van der Waals surface area contributed by atoms with Crippen LogP contribution in [0.3, 0.4) is 0 Å². The second-order valence-corrected chi connectivity index (χ2v) is 6.02. The molecule has 0 saturated carbocycles. The lowest BCUT2D eigenvalue weighted by Crippen LogP contribution is -2.05. The molecule has 0 saturated heterocycles. The summed E-state index contributed by atoms with van der Waals surface area (Å²) in [5, 5.41) is 0. The highest BCUT2D eigenvalue weighted by atomic mass is 79.9. The fourth-order valence-electron chi connectivity index (χ4n) is 2.12.